The van der Waals surface area contributed by atoms with Crippen molar-refractivity contribution in [2.45, 2.75) is 25.9 Å². The SMILES string of the molecule is O=C1CCCN1c1ccc(CNCc2cc3ccccc3[nH]c2=O)cc1. The first-order valence-electron chi connectivity index (χ1n) is 8.92. The highest BCUT2D eigenvalue weighted by atomic mass is 16.2. The Morgan fingerprint density at radius 1 is 1.00 bits per heavy atom. The van der Waals surface area contributed by atoms with Crippen molar-refractivity contribution in [2.75, 3.05) is 11.4 Å². The van der Waals surface area contributed by atoms with Gasteiger partial charge in [-0.05, 0) is 41.6 Å². The van der Waals surface area contributed by atoms with Crippen molar-refractivity contribution >= 4 is 22.5 Å². The van der Waals surface area contributed by atoms with E-state index in [4.69, 9.17) is 0 Å². The number of nitrogens with one attached hydrogen (secondary N) is 2. The van der Waals surface area contributed by atoms with Crippen molar-refractivity contribution < 1.29 is 4.79 Å². The Morgan fingerprint density at radius 2 is 1.81 bits per heavy atom. The van der Waals surface area contributed by atoms with Gasteiger partial charge in [-0.1, -0.05) is 30.3 Å². The van der Waals surface area contributed by atoms with E-state index in [0.29, 0.717) is 19.5 Å². The summed E-state index contributed by atoms with van der Waals surface area (Å²) in [6.45, 7) is 1.98. The summed E-state index contributed by atoms with van der Waals surface area (Å²) in [6, 6.07) is 17.7. The van der Waals surface area contributed by atoms with Gasteiger partial charge in [-0.15, -0.1) is 0 Å². The Hall–Kier alpha value is -2.92. The molecule has 2 aromatic carbocycles. The van der Waals surface area contributed by atoms with Crippen molar-refractivity contribution in [1.82, 2.24) is 10.3 Å². The summed E-state index contributed by atoms with van der Waals surface area (Å²) < 4.78 is 0. The highest BCUT2D eigenvalue weighted by Gasteiger charge is 2.21. The summed E-state index contributed by atoms with van der Waals surface area (Å²) in [5.74, 6) is 0.200. The lowest BCUT2D eigenvalue weighted by Crippen LogP contribution is -2.23. The number of pyridine rings is 1. The maximum atomic E-state index is 12.2. The van der Waals surface area contributed by atoms with Crippen LogP contribution >= 0.6 is 0 Å². The van der Waals surface area contributed by atoms with E-state index < -0.39 is 0 Å². The number of nitrogens with zero attached hydrogens (tertiary/aromatic N) is 1. The fraction of sp³-hybridized carbons (Fsp3) is 0.238. The van der Waals surface area contributed by atoms with Crippen molar-refractivity contribution in [2.24, 2.45) is 0 Å². The van der Waals surface area contributed by atoms with Gasteiger partial charge in [0.15, 0.2) is 0 Å². The zero-order valence-corrected chi connectivity index (χ0v) is 14.5. The van der Waals surface area contributed by atoms with Crippen LogP contribution in [0.15, 0.2) is 59.4 Å². The van der Waals surface area contributed by atoms with E-state index in [-0.39, 0.29) is 11.5 Å². The Balaban J connectivity index is 1.39. The molecule has 1 amide bonds. The third-order valence-electron chi connectivity index (χ3n) is 4.80. The van der Waals surface area contributed by atoms with E-state index >= 15 is 0 Å². The van der Waals surface area contributed by atoms with E-state index in [1.54, 1.807) is 0 Å². The zero-order chi connectivity index (χ0) is 17.9. The van der Waals surface area contributed by atoms with Gasteiger partial charge in [-0.3, -0.25) is 9.59 Å². The summed E-state index contributed by atoms with van der Waals surface area (Å²) in [4.78, 5) is 28.7. The van der Waals surface area contributed by atoms with Gasteiger partial charge in [0.2, 0.25) is 5.91 Å². The van der Waals surface area contributed by atoms with Crippen LogP contribution in [0.4, 0.5) is 5.69 Å². The molecule has 4 rings (SSSR count). The van der Waals surface area contributed by atoms with Crippen molar-refractivity contribution in [3.63, 3.8) is 0 Å². The molecule has 0 aliphatic carbocycles. The molecule has 2 N–H and O–H groups in total. The number of carbonyl (C=O) groups is 1. The second kappa shape index (κ2) is 7.14. The molecule has 1 saturated heterocycles. The van der Waals surface area contributed by atoms with Crippen LogP contribution in [0.3, 0.4) is 0 Å². The summed E-state index contributed by atoms with van der Waals surface area (Å²) in [7, 11) is 0. The van der Waals surface area contributed by atoms with Crippen molar-refractivity contribution in [3.8, 4) is 0 Å². The Labute approximate surface area is 151 Å². The summed E-state index contributed by atoms with van der Waals surface area (Å²) >= 11 is 0. The Kier molecular flexibility index (Phi) is 4.54. The molecular formula is C21H21N3O2. The van der Waals surface area contributed by atoms with Gasteiger partial charge in [0.05, 0.1) is 0 Å². The zero-order valence-electron chi connectivity index (χ0n) is 14.5. The number of fused-ring (bicyclic) bond motifs is 1. The quantitative estimate of drug-likeness (QED) is 0.746. The standard InChI is InChI=1S/C21H21N3O2/c25-20-6-3-11-24(20)18-9-7-15(8-10-18)13-22-14-17-12-16-4-1-2-5-19(16)23-21(17)26/h1-2,4-5,7-10,12,22H,3,6,11,13-14H2,(H,23,26). The van der Waals surface area contributed by atoms with Crippen LogP contribution in [0.5, 0.6) is 0 Å². The number of rotatable bonds is 5. The number of amides is 1. The van der Waals surface area contributed by atoms with E-state index in [1.165, 1.54) is 0 Å². The molecule has 1 aliphatic rings. The number of carbonyl (C=O) groups excluding carboxylic acids is 1. The molecule has 0 unspecified atom stereocenters. The van der Waals surface area contributed by atoms with E-state index in [9.17, 15) is 9.59 Å². The predicted molar refractivity (Wildman–Crippen MR) is 103 cm³/mol. The molecule has 5 nitrogen and oxygen atoms in total. The average Bonchev–Trinajstić information content (AvgIpc) is 3.09. The van der Waals surface area contributed by atoms with Crippen molar-refractivity contribution in [1.29, 1.82) is 0 Å². The lowest BCUT2D eigenvalue weighted by Gasteiger charge is -2.16. The molecule has 0 bridgehead atoms. The molecule has 3 aromatic rings. The van der Waals surface area contributed by atoms with Gasteiger partial charge < -0.3 is 15.2 Å². The average molecular weight is 347 g/mol. The maximum Gasteiger partial charge on any atom is 0.252 e. The topological polar surface area (TPSA) is 65.2 Å². The largest absolute Gasteiger partial charge is 0.322 e. The molecule has 0 saturated carbocycles. The smallest absolute Gasteiger partial charge is 0.252 e. The lowest BCUT2D eigenvalue weighted by molar-refractivity contribution is -0.117. The molecular weight excluding hydrogens is 326 g/mol. The van der Waals surface area contributed by atoms with Gasteiger partial charge in [-0.2, -0.15) is 0 Å². The van der Waals surface area contributed by atoms with Crippen LogP contribution in [0.25, 0.3) is 10.9 Å². The number of aromatic nitrogens is 1. The van der Waals surface area contributed by atoms with Crippen LogP contribution in [0, 0.1) is 0 Å². The number of anilines is 1. The van der Waals surface area contributed by atoms with Gasteiger partial charge in [0, 0.05) is 42.8 Å². The second-order valence-electron chi connectivity index (χ2n) is 6.63. The first kappa shape index (κ1) is 16.5. The Morgan fingerprint density at radius 3 is 2.58 bits per heavy atom. The minimum Gasteiger partial charge on any atom is -0.322 e. The van der Waals surface area contributed by atoms with Gasteiger partial charge in [0.1, 0.15) is 0 Å². The van der Waals surface area contributed by atoms with E-state index in [0.717, 1.165) is 40.7 Å². The van der Waals surface area contributed by atoms with Crippen LogP contribution in [-0.4, -0.2) is 17.4 Å². The fourth-order valence-electron chi connectivity index (χ4n) is 3.38. The molecule has 0 spiro atoms. The molecule has 0 radical (unpaired) electrons. The molecule has 5 heteroatoms. The summed E-state index contributed by atoms with van der Waals surface area (Å²) in [6.07, 6.45) is 1.58. The van der Waals surface area contributed by atoms with Crippen LogP contribution in [-0.2, 0) is 17.9 Å². The summed E-state index contributed by atoms with van der Waals surface area (Å²) in [5, 5.41) is 4.35. The monoisotopic (exact) mass is 347 g/mol. The molecule has 132 valence electrons. The molecule has 2 heterocycles. The minimum absolute atomic E-state index is 0.0564. The van der Waals surface area contributed by atoms with Crippen molar-refractivity contribution in [3.05, 3.63) is 76.1 Å². The third kappa shape index (κ3) is 3.39. The molecule has 26 heavy (non-hydrogen) atoms. The van der Waals surface area contributed by atoms with Gasteiger partial charge in [-0.25, -0.2) is 0 Å². The van der Waals surface area contributed by atoms with E-state index in [2.05, 4.69) is 10.3 Å². The first-order valence-corrected chi connectivity index (χ1v) is 8.92. The van der Waals surface area contributed by atoms with Crippen LogP contribution in [0.2, 0.25) is 0 Å². The van der Waals surface area contributed by atoms with Gasteiger partial charge in [0.25, 0.3) is 5.56 Å². The maximum absolute atomic E-state index is 12.2. The van der Waals surface area contributed by atoms with Crippen LogP contribution in [0.1, 0.15) is 24.0 Å². The number of benzene rings is 2. The normalized spacial score (nSPS) is 14.3. The number of H-pyrrole nitrogens is 1. The summed E-state index contributed by atoms with van der Waals surface area (Å²) in [5.41, 5.74) is 3.61. The molecule has 1 fully saturated rings. The first-order chi connectivity index (χ1) is 12.7. The minimum atomic E-state index is -0.0564. The number of hydrogen-bond donors (Lipinski definition) is 2. The number of para-hydroxylation sites is 1. The van der Waals surface area contributed by atoms with Gasteiger partial charge >= 0.3 is 0 Å². The molecule has 1 aromatic heterocycles. The van der Waals surface area contributed by atoms with E-state index in [1.807, 2.05) is 59.5 Å². The number of hydrogen-bond acceptors (Lipinski definition) is 3. The second-order valence-corrected chi connectivity index (χ2v) is 6.63. The lowest BCUT2D eigenvalue weighted by atomic mass is 10.1. The molecule has 0 atom stereocenters. The highest BCUT2D eigenvalue weighted by Crippen LogP contribution is 2.21. The fourth-order valence-corrected chi connectivity index (χ4v) is 3.38. The number of aromatic amines is 1. The predicted octanol–water partition coefficient (Wildman–Crippen LogP) is 2.94. The third-order valence-corrected chi connectivity index (χ3v) is 4.80. The molecule has 1 aliphatic heterocycles. The Bertz CT molecular complexity index is 992. The van der Waals surface area contributed by atoms with Crippen LogP contribution < -0.4 is 15.8 Å². The highest BCUT2D eigenvalue weighted by molar-refractivity contribution is 5.95.